The summed E-state index contributed by atoms with van der Waals surface area (Å²) in [5.41, 5.74) is 0. The zero-order valence-corrected chi connectivity index (χ0v) is 17.0. The lowest BCUT2D eigenvalue weighted by Crippen LogP contribution is -2.35. The summed E-state index contributed by atoms with van der Waals surface area (Å²) in [5, 5.41) is 0. The number of esters is 2. The number of rotatable bonds is 16. The lowest BCUT2D eigenvalue weighted by molar-refractivity contribution is -0.870. The van der Waals surface area contributed by atoms with Gasteiger partial charge in [-0.05, 0) is 38.5 Å². The molecule has 0 bridgehead atoms. The Morgan fingerprint density at radius 1 is 0.680 bits per heavy atom. The van der Waals surface area contributed by atoms with Crippen molar-refractivity contribution in [3.63, 3.8) is 0 Å². The largest absolute Gasteiger partial charge is 0.466 e. The maximum atomic E-state index is 11.6. The van der Waals surface area contributed by atoms with E-state index in [0.29, 0.717) is 32.5 Å². The molecule has 0 aliphatic heterocycles. The van der Waals surface area contributed by atoms with Crippen LogP contribution in [-0.4, -0.2) is 57.3 Å². The van der Waals surface area contributed by atoms with Crippen molar-refractivity contribution < 1.29 is 23.5 Å². The molecule has 0 atom stereocenters. The van der Waals surface area contributed by atoms with Gasteiger partial charge in [0.05, 0.1) is 40.9 Å². The van der Waals surface area contributed by atoms with Gasteiger partial charge in [0.1, 0.15) is 0 Å². The third kappa shape index (κ3) is 19.1. The van der Waals surface area contributed by atoms with E-state index in [2.05, 4.69) is 28.1 Å². The van der Waals surface area contributed by atoms with Crippen LogP contribution < -0.4 is 0 Å². The fourth-order valence-electron chi connectivity index (χ4n) is 2.46. The Balaban J connectivity index is 3.39. The Morgan fingerprint density at radius 2 is 1.16 bits per heavy atom. The second-order valence-corrected chi connectivity index (χ2v) is 7.78. The Labute approximate surface area is 154 Å². The second-order valence-electron chi connectivity index (χ2n) is 7.78. The van der Waals surface area contributed by atoms with E-state index in [9.17, 15) is 9.59 Å². The van der Waals surface area contributed by atoms with Gasteiger partial charge < -0.3 is 14.0 Å². The van der Waals surface area contributed by atoms with Crippen LogP contribution in [0.25, 0.3) is 0 Å². The Morgan fingerprint density at radius 3 is 1.64 bits per heavy atom. The molecule has 25 heavy (non-hydrogen) atoms. The average Bonchev–Trinajstić information content (AvgIpc) is 2.52. The maximum Gasteiger partial charge on any atom is 0.305 e. The van der Waals surface area contributed by atoms with Gasteiger partial charge >= 0.3 is 11.9 Å². The minimum absolute atomic E-state index is 0.206. The van der Waals surface area contributed by atoms with Crippen molar-refractivity contribution >= 4 is 11.9 Å². The number of carbonyl (C=O) groups is 2. The summed E-state index contributed by atoms with van der Waals surface area (Å²) < 4.78 is 11.3. The SMILES string of the molecule is CCCCCCOC(=O)CCCC(=O)OCCCCCC[N+](C)(C)C. The molecule has 0 aliphatic carbocycles. The lowest BCUT2D eigenvalue weighted by Gasteiger charge is -2.23. The molecule has 0 unspecified atom stereocenters. The first-order valence-electron chi connectivity index (χ1n) is 9.97. The predicted molar refractivity (Wildman–Crippen MR) is 101 cm³/mol. The molecule has 0 aliphatic rings. The molecule has 0 saturated heterocycles. The van der Waals surface area contributed by atoms with E-state index < -0.39 is 0 Å². The highest BCUT2D eigenvalue weighted by atomic mass is 16.5. The maximum absolute atomic E-state index is 11.6. The summed E-state index contributed by atoms with van der Waals surface area (Å²) in [7, 11) is 6.60. The summed E-state index contributed by atoms with van der Waals surface area (Å²) >= 11 is 0. The number of quaternary nitrogens is 1. The van der Waals surface area contributed by atoms with Crippen LogP contribution in [0.2, 0.25) is 0 Å². The molecule has 0 aromatic carbocycles. The van der Waals surface area contributed by atoms with Crippen molar-refractivity contribution in [3.8, 4) is 0 Å². The van der Waals surface area contributed by atoms with E-state index in [0.717, 1.165) is 30.2 Å². The van der Waals surface area contributed by atoms with Gasteiger partial charge in [-0.25, -0.2) is 0 Å². The zero-order valence-electron chi connectivity index (χ0n) is 17.0. The molecule has 5 heteroatoms. The quantitative estimate of drug-likeness (QED) is 0.237. The Hall–Kier alpha value is -1.10. The van der Waals surface area contributed by atoms with Gasteiger partial charge in [-0.3, -0.25) is 9.59 Å². The summed E-state index contributed by atoms with van der Waals surface area (Å²) in [6.45, 7) is 4.31. The third-order valence-corrected chi connectivity index (χ3v) is 4.01. The second kappa shape index (κ2) is 15.2. The normalized spacial score (nSPS) is 11.4. The van der Waals surface area contributed by atoms with Gasteiger partial charge in [-0.15, -0.1) is 0 Å². The van der Waals surface area contributed by atoms with Crippen LogP contribution >= 0.6 is 0 Å². The summed E-state index contributed by atoms with van der Waals surface area (Å²) in [4.78, 5) is 23.1. The van der Waals surface area contributed by atoms with E-state index in [-0.39, 0.29) is 11.9 Å². The van der Waals surface area contributed by atoms with Crippen LogP contribution in [0.3, 0.4) is 0 Å². The molecule has 0 spiro atoms. The number of ether oxygens (including phenoxy) is 2. The molecular formula is C20H40NO4+. The summed E-state index contributed by atoms with van der Waals surface area (Å²) in [6, 6.07) is 0. The highest BCUT2D eigenvalue weighted by molar-refractivity contribution is 5.72. The third-order valence-electron chi connectivity index (χ3n) is 4.01. The monoisotopic (exact) mass is 358 g/mol. The summed E-state index contributed by atoms with van der Waals surface area (Å²) in [5.74, 6) is -0.413. The highest BCUT2D eigenvalue weighted by Crippen LogP contribution is 2.06. The summed E-state index contributed by atoms with van der Waals surface area (Å²) in [6.07, 6.45) is 9.89. The van der Waals surface area contributed by atoms with Crippen LogP contribution in [-0.2, 0) is 19.1 Å². The number of carbonyl (C=O) groups excluding carboxylic acids is 2. The van der Waals surface area contributed by atoms with Gasteiger partial charge in [-0.2, -0.15) is 0 Å². The van der Waals surface area contributed by atoms with Crippen molar-refractivity contribution in [1.29, 1.82) is 0 Å². The first-order valence-corrected chi connectivity index (χ1v) is 9.97. The van der Waals surface area contributed by atoms with Crippen LogP contribution in [0.5, 0.6) is 0 Å². The molecule has 0 aromatic rings. The molecular weight excluding hydrogens is 318 g/mol. The topological polar surface area (TPSA) is 52.6 Å². The Kier molecular flexibility index (Phi) is 14.5. The number of hydrogen-bond donors (Lipinski definition) is 0. The molecule has 0 saturated carbocycles. The van der Waals surface area contributed by atoms with Crippen molar-refractivity contribution in [1.82, 2.24) is 0 Å². The first kappa shape index (κ1) is 23.9. The van der Waals surface area contributed by atoms with Gasteiger partial charge in [0.25, 0.3) is 0 Å². The minimum Gasteiger partial charge on any atom is -0.466 e. The standard InChI is InChI=1S/C20H40NO4/c1-5-6-7-11-17-24-19(22)14-13-15-20(23)25-18-12-9-8-10-16-21(2,3)4/h5-18H2,1-4H3/q+1. The molecule has 0 rings (SSSR count). The lowest BCUT2D eigenvalue weighted by atomic mass is 10.2. The van der Waals surface area contributed by atoms with Crippen molar-refractivity contribution in [2.45, 2.75) is 77.6 Å². The molecule has 5 nitrogen and oxygen atoms in total. The van der Waals surface area contributed by atoms with Gasteiger partial charge in [-0.1, -0.05) is 26.2 Å². The number of unbranched alkanes of at least 4 members (excludes halogenated alkanes) is 6. The fourth-order valence-corrected chi connectivity index (χ4v) is 2.46. The smallest absolute Gasteiger partial charge is 0.305 e. The van der Waals surface area contributed by atoms with E-state index >= 15 is 0 Å². The van der Waals surface area contributed by atoms with E-state index in [1.54, 1.807) is 0 Å². The van der Waals surface area contributed by atoms with Gasteiger partial charge in [0.15, 0.2) is 0 Å². The van der Waals surface area contributed by atoms with Gasteiger partial charge in [0, 0.05) is 12.8 Å². The first-order chi connectivity index (χ1) is 11.8. The van der Waals surface area contributed by atoms with E-state index in [4.69, 9.17) is 9.47 Å². The molecule has 148 valence electrons. The molecule has 0 radical (unpaired) electrons. The fraction of sp³-hybridized carbons (Fsp3) is 0.900. The molecule has 0 heterocycles. The van der Waals surface area contributed by atoms with E-state index in [1.807, 2.05) is 0 Å². The van der Waals surface area contributed by atoms with Crippen LogP contribution in [0.15, 0.2) is 0 Å². The van der Waals surface area contributed by atoms with Gasteiger partial charge in [0.2, 0.25) is 0 Å². The van der Waals surface area contributed by atoms with Crippen molar-refractivity contribution in [3.05, 3.63) is 0 Å². The minimum atomic E-state index is -0.207. The number of hydrogen-bond acceptors (Lipinski definition) is 4. The van der Waals surface area contributed by atoms with Crippen LogP contribution in [0.4, 0.5) is 0 Å². The number of nitrogens with zero attached hydrogens (tertiary/aromatic N) is 1. The molecule has 0 N–H and O–H groups in total. The van der Waals surface area contributed by atoms with Crippen LogP contribution in [0, 0.1) is 0 Å². The molecule has 0 amide bonds. The Bertz CT molecular complexity index is 350. The predicted octanol–water partition coefficient (Wildman–Crippen LogP) is 4.09. The highest BCUT2D eigenvalue weighted by Gasteiger charge is 2.08. The average molecular weight is 359 g/mol. The van der Waals surface area contributed by atoms with Crippen LogP contribution in [0.1, 0.15) is 77.6 Å². The molecule has 0 fully saturated rings. The van der Waals surface area contributed by atoms with Crippen molar-refractivity contribution in [2.75, 3.05) is 40.9 Å². The molecule has 0 aromatic heterocycles. The van der Waals surface area contributed by atoms with Crippen molar-refractivity contribution in [2.24, 2.45) is 0 Å². The van der Waals surface area contributed by atoms with E-state index in [1.165, 1.54) is 32.2 Å². The zero-order chi connectivity index (χ0) is 19.0.